The van der Waals surface area contributed by atoms with Crippen molar-refractivity contribution in [2.24, 2.45) is 0 Å². The van der Waals surface area contributed by atoms with Gasteiger partial charge in [0.1, 0.15) is 6.61 Å². The molecule has 1 aliphatic rings. The summed E-state index contributed by atoms with van der Waals surface area (Å²) < 4.78 is 5.34. The fourth-order valence-electron chi connectivity index (χ4n) is 1.53. The zero-order chi connectivity index (χ0) is 9.90. The van der Waals surface area contributed by atoms with E-state index in [4.69, 9.17) is 9.84 Å². The van der Waals surface area contributed by atoms with E-state index in [0.717, 1.165) is 12.8 Å². The molecule has 4 heteroatoms. The van der Waals surface area contributed by atoms with Gasteiger partial charge in [0.2, 0.25) is 5.91 Å². The highest BCUT2D eigenvalue weighted by molar-refractivity contribution is 5.77. The Morgan fingerprint density at radius 2 is 2.08 bits per heavy atom. The second-order valence-corrected chi connectivity index (χ2v) is 3.69. The molecule has 1 rings (SSSR count). The lowest BCUT2D eigenvalue weighted by Crippen LogP contribution is -2.46. The van der Waals surface area contributed by atoms with Gasteiger partial charge in [-0.25, -0.2) is 0 Å². The van der Waals surface area contributed by atoms with Gasteiger partial charge in [0.15, 0.2) is 0 Å². The molecule has 1 heterocycles. The Morgan fingerprint density at radius 1 is 1.54 bits per heavy atom. The van der Waals surface area contributed by atoms with Gasteiger partial charge in [-0.15, -0.1) is 0 Å². The van der Waals surface area contributed by atoms with E-state index in [9.17, 15) is 4.79 Å². The van der Waals surface area contributed by atoms with Crippen LogP contribution in [0.5, 0.6) is 0 Å². The number of rotatable bonds is 2. The quantitative estimate of drug-likeness (QED) is 0.662. The van der Waals surface area contributed by atoms with Gasteiger partial charge in [-0.3, -0.25) is 4.79 Å². The average Bonchev–Trinajstić information content (AvgIpc) is 2.18. The van der Waals surface area contributed by atoms with E-state index in [-0.39, 0.29) is 18.1 Å². The molecule has 76 valence electrons. The van der Waals surface area contributed by atoms with Gasteiger partial charge in [0.25, 0.3) is 0 Å². The molecule has 1 N–H and O–H groups in total. The van der Waals surface area contributed by atoms with Crippen LogP contribution in [0.15, 0.2) is 0 Å². The summed E-state index contributed by atoms with van der Waals surface area (Å²) in [5.74, 6) is -0.182. The summed E-state index contributed by atoms with van der Waals surface area (Å²) in [4.78, 5) is 12.8. The van der Waals surface area contributed by atoms with E-state index in [1.807, 2.05) is 6.92 Å². The Bertz CT molecular complexity index is 185. The Balaban J connectivity index is 2.43. The van der Waals surface area contributed by atoms with Crippen molar-refractivity contribution in [2.45, 2.75) is 25.4 Å². The molecule has 0 unspecified atom stereocenters. The van der Waals surface area contributed by atoms with Crippen LogP contribution in [0.4, 0.5) is 0 Å². The molecule has 0 radical (unpaired) electrons. The first-order valence-corrected chi connectivity index (χ1v) is 4.55. The molecular weight excluding hydrogens is 170 g/mol. The number of ether oxygens (including phenoxy) is 1. The van der Waals surface area contributed by atoms with Crippen molar-refractivity contribution in [3.8, 4) is 0 Å². The van der Waals surface area contributed by atoms with Gasteiger partial charge in [-0.2, -0.15) is 0 Å². The normalized spacial score (nSPS) is 21.6. The van der Waals surface area contributed by atoms with Gasteiger partial charge >= 0.3 is 0 Å². The highest BCUT2D eigenvalue weighted by Crippen LogP contribution is 2.24. The lowest BCUT2D eigenvalue weighted by Gasteiger charge is -2.38. The molecule has 0 bridgehead atoms. The summed E-state index contributed by atoms with van der Waals surface area (Å²) in [6.07, 6.45) is 1.68. The van der Waals surface area contributed by atoms with E-state index in [0.29, 0.717) is 13.1 Å². The predicted molar refractivity (Wildman–Crippen MR) is 48.3 cm³/mol. The Labute approximate surface area is 78.5 Å². The summed E-state index contributed by atoms with van der Waals surface area (Å²) in [6, 6.07) is 0. The number of carbonyl (C=O) groups excluding carboxylic acids is 1. The van der Waals surface area contributed by atoms with E-state index in [2.05, 4.69) is 0 Å². The van der Waals surface area contributed by atoms with Crippen molar-refractivity contribution in [3.63, 3.8) is 0 Å². The minimum atomic E-state index is -0.385. The molecule has 4 nitrogen and oxygen atoms in total. The smallest absolute Gasteiger partial charge is 0.248 e. The molecule has 0 atom stereocenters. The van der Waals surface area contributed by atoms with Crippen molar-refractivity contribution >= 4 is 5.91 Å². The summed E-state index contributed by atoms with van der Waals surface area (Å²) >= 11 is 0. The van der Waals surface area contributed by atoms with Gasteiger partial charge < -0.3 is 14.7 Å². The zero-order valence-electron chi connectivity index (χ0n) is 8.25. The molecule has 0 aromatic heterocycles. The molecule has 1 fully saturated rings. The molecule has 13 heavy (non-hydrogen) atoms. The van der Waals surface area contributed by atoms with Crippen LogP contribution in [0.3, 0.4) is 0 Å². The van der Waals surface area contributed by atoms with Crippen LogP contribution >= 0.6 is 0 Å². The fourth-order valence-corrected chi connectivity index (χ4v) is 1.53. The van der Waals surface area contributed by atoms with Crippen LogP contribution in [0.2, 0.25) is 0 Å². The van der Waals surface area contributed by atoms with Crippen molar-refractivity contribution in [2.75, 3.05) is 26.8 Å². The molecule has 1 saturated heterocycles. The second-order valence-electron chi connectivity index (χ2n) is 3.69. The minimum Gasteiger partial charge on any atom is -0.387 e. The maximum Gasteiger partial charge on any atom is 0.248 e. The maximum atomic E-state index is 11.1. The van der Waals surface area contributed by atoms with Gasteiger partial charge in [-0.1, -0.05) is 0 Å². The van der Waals surface area contributed by atoms with Crippen LogP contribution < -0.4 is 0 Å². The third-order valence-electron chi connectivity index (χ3n) is 2.80. The van der Waals surface area contributed by atoms with Crippen molar-refractivity contribution in [3.05, 3.63) is 0 Å². The van der Waals surface area contributed by atoms with Gasteiger partial charge in [-0.05, 0) is 19.8 Å². The van der Waals surface area contributed by atoms with Crippen LogP contribution in [-0.2, 0) is 9.53 Å². The number of nitrogens with zero attached hydrogens (tertiary/aromatic N) is 1. The summed E-state index contributed by atoms with van der Waals surface area (Å²) in [5, 5.41) is 8.65. The first kappa shape index (κ1) is 10.5. The van der Waals surface area contributed by atoms with Crippen LogP contribution in [0, 0.1) is 0 Å². The molecular formula is C9H17NO3. The van der Waals surface area contributed by atoms with E-state index < -0.39 is 0 Å². The lowest BCUT2D eigenvalue weighted by atomic mass is 9.93. The number of aliphatic hydroxyl groups excluding tert-OH is 1. The standard InChI is InChI=1S/C9H17NO3/c1-9(13-2)3-5-10(6-4-9)8(12)7-11/h11H,3-7H2,1-2H3. The van der Waals surface area contributed by atoms with Crippen LogP contribution in [0.25, 0.3) is 0 Å². The van der Waals surface area contributed by atoms with Gasteiger partial charge in [0.05, 0.1) is 5.60 Å². The summed E-state index contributed by atoms with van der Waals surface area (Å²) in [7, 11) is 1.70. The topological polar surface area (TPSA) is 49.8 Å². The highest BCUT2D eigenvalue weighted by atomic mass is 16.5. The average molecular weight is 187 g/mol. The summed E-state index contributed by atoms with van der Waals surface area (Å²) in [5.41, 5.74) is -0.0910. The molecule has 0 aromatic carbocycles. The molecule has 0 aromatic rings. The predicted octanol–water partition coefficient (Wildman–Crippen LogP) is 0.00620. The number of carbonyl (C=O) groups is 1. The zero-order valence-corrected chi connectivity index (χ0v) is 8.25. The first-order valence-electron chi connectivity index (χ1n) is 4.55. The number of amides is 1. The Morgan fingerprint density at radius 3 is 2.46 bits per heavy atom. The molecule has 0 spiro atoms. The number of likely N-dealkylation sites (tertiary alicyclic amines) is 1. The fraction of sp³-hybridized carbons (Fsp3) is 0.889. The Kier molecular flexibility index (Phi) is 3.27. The second kappa shape index (κ2) is 4.07. The van der Waals surface area contributed by atoms with Crippen LogP contribution in [0.1, 0.15) is 19.8 Å². The number of hydrogen-bond acceptors (Lipinski definition) is 3. The minimum absolute atomic E-state index is 0.0910. The SMILES string of the molecule is COC1(C)CCN(C(=O)CO)CC1. The van der Waals surface area contributed by atoms with Crippen molar-refractivity contribution < 1.29 is 14.6 Å². The van der Waals surface area contributed by atoms with Crippen molar-refractivity contribution in [1.29, 1.82) is 0 Å². The molecule has 1 amide bonds. The number of methoxy groups -OCH3 is 1. The molecule has 1 aliphatic heterocycles. The third-order valence-corrected chi connectivity index (χ3v) is 2.80. The largest absolute Gasteiger partial charge is 0.387 e. The maximum absolute atomic E-state index is 11.1. The van der Waals surface area contributed by atoms with E-state index in [1.54, 1.807) is 12.0 Å². The Hall–Kier alpha value is -0.610. The monoisotopic (exact) mass is 187 g/mol. The summed E-state index contributed by atoms with van der Waals surface area (Å²) in [6.45, 7) is 3.03. The van der Waals surface area contributed by atoms with Crippen LogP contribution in [-0.4, -0.2) is 48.3 Å². The molecule has 0 saturated carbocycles. The molecule has 0 aliphatic carbocycles. The third kappa shape index (κ3) is 2.42. The van der Waals surface area contributed by atoms with Crippen molar-refractivity contribution in [1.82, 2.24) is 4.90 Å². The lowest BCUT2D eigenvalue weighted by molar-refractivity contribution is -0.138. The first-order chi connectivity index (χ1) is 6.11. The van der Waals surface area contributed by atoms with Gasteiger partial charge in [0, 0.05) is 20.2 Å². The number of aliphatic hydroxyl groups is 1. The van der Waals surface area contributed by atoms with E-state index in [1.165, 1.54) is 0 Å². The van der Waals surface area contributed by atoms with E-state index >= 15 is 0 Å². The highest BCUT2D eigenvalue weighted by Gasteiger charge is 2.31. The number of hydrogen-bond donors (Lipinski definition) is 1. The number of piperidine rings is 1.